The first-order valence-corrected chi connectivity index (χ1v) is 9.30. The number of amides is 2. The zero-order valence-electron chi connectivity index (χ0n) is 16.5. The van der Waals surface area contributed by atoms with Crippen LogP contribution in [0.1, 0.15) is 40.3 Å². The summed E-state index contributed by atoms with van der Waals surface area (Å²) in [6.07, 6.45) is 1.20. The van der Waals surface area contributed by atoms with Gasteiger partial charge in [-0.25, -0.2) is 8.78 Å². The Balaban J connectivity index is 1.94. The predicted octanol–water partition coefficient (Wildman–Crippen LogP) is 2.18. The number of likely N-dealkylation sites (N-methyl/N-ethyl adjacent to an activating group) is 1. The second kappa shape index (κ2) is 8.10. The van der Waals surface area contributed by atoms with Gasteiger partial charge in [-0.3, -0.25) is 14.4 Å². The maximum absolute atomic E-state index is 13.8. The van der Waals surface area contributed by atoms with Crippen molar-refractivity contribution in [3.8, 4) is 5.75 Å². The van der Waals surface area contributed by atoms with E-state index in [2.05, 4.69) is 11.9 Å². The number of aromatic hydroxyl groups is 1. The quantitative estimate of drug-likeness (QED) is 0.730. The Hall–Kier alpha value is -3.49. The fourth-order valence-corrected chi connectivity index (χ4v) is 3.46. The minimum atomic E-state index is -1.00. The molecule has 1 aliphatic rings. The van der Waals surface area contributed by atoms with Gasteiger partial charge in [0, 0.05) is 37.5 Å². The molecular formula is C21H21F2N3O4. The van der Waals surface area contributed by atoms with E-state index in [0.29, 0.717) is 18.2 Å². The third-order valence-corrected chi connectivity index (χ3v) is 5.07. The number of benzene rings is 1. The maximum atomic E-state index is 13.8. The molecule has 2 heterocycles. The molecule has 1 aromatic heterocycles. The van der Waals surface area contributed by atoms with Crippen molar-refractivity contribution < 1.29 is 23.5 Å². The van der Waals surface area contributed by atoms with Crippen molar-refractivity contribution in [2.75, 3.05) is 6.54 Å². The topological polar surface area (TPSA) is 91.6 Å². The van der Waals surface area contributed by atoms with E-state index >= 15 is 0 Å². The van der Waals surface area contributed by atoms with Gasteiger partial charge in [0.1, 0.15) is 17.2 Å². The average molecular weight is 417 g/mol. The molecule has 2 amide bonds. The molecule has 0 fully saturated rings. The first-order chi connectivity index (χ1) is 14.1. The molecule has 1 aromatic carbocycles. The molecule has 3 rings (SSSR count). The normalized spacial score (nSPS) is 15.7. The molecule has 9 heteroatoms. The summed E-state index contributed by atoms with van der Waals surface area (Å²) in [6.45, 7) is 7.70. The Morgan fingerprint density at radius 2 is 2.03 bits per heavy atom. The Kier molecular flexibility index (Phi) is 5.73. The van der Waals surface area contributed by atoms with Gasteiger partial charge < -0.3 is 19.9 Å². The van der Waals surface area contributed by atoms with Crippen LogP contribution in [0.2, 0.25) is 0 Å². The van der Waals surface area contributed by atoms with E-state index in [0.717, 1.165) is 6.07 Å². The van der Waals surface area contributed by atoms with Crippen LogP contribution in [0.5, 0.6) is 5.75 Å². The number of aromatic nitrogens is 1. The lowest BCUT2D eigenvalue weighted by molar-refractivity contribution is 0.0635. The third kappa shape index (κ3) is 3.70. The first kappa shape index (κ1) is 21.2. The first-order valence-electron chi connectivity index (χ1n) is 9.30. The van der Waals surface area contributed by atoms with E-state index in [9.17, 15) is 28.3 Å². The zero-order chi connectivity index (χ0) is 22.2. The van der Waals surface area contributed by atoms with Crippen molar-refractivity contribution in [1.29, 1.82) is 0 Å². The number of halogens is 2. The molecule has 0 spiro atoms. The van der Waals surface area contributed by atoms with Gasteiger partial charge in [0.25, 0.3) is 11.8 Å². The lowest BCUT2D eigenvalue weighted by Crippen LogP contribution is -2.49. The van der Waals surface area contributed by atoms with Gasteiger partial charge in [-0.1, -0.05) is 18.2 Å². The minimum Gasteiger partial charge on any atom is -0.503 e. The van der Waals surface area contributed by atoms with Crippen LogP contribution in [0.4, 0.5) is 8.78 Å². The van der Waals surface area contributed by atoms with Gasteiger partial charge in [-0.2, -0.15) is 0 Å². The fraction of sp³-hybridized carbons (Fsp3) is 0.286. The predicted molar refractivity (Wildman–Crippen MR) is 105 cm³/mol. The summed E-state index contributed by atoms with van der Waals surface area (Å²) in [6, 6.07) is 2.55. The molecule has 2 N–H and O–H groups in total. The van der Waals surface area contributed by atoms with Crippen LogP contribution in [0.25, 0.3) is 0 Å². The van der Waals surface area contributed by atoms with Gasteiger partial charge in [0.15, 0.2) is 11.4 Å². The molecule has 0 aliphatic carbocycles. The highest BCUT2D eigenvalue weighted by molar-refractivity contribution is 5.99. The molecule has 1 aliphatic heterocycles. The minimum absolute atomic E-state index is 0.0307. The fourth-order valence-electron chi connectivity index (χ4n) is 3.46. The van der Waals surface area contributed by atoms with Crippen LogP contribution in [-0.4, -0.2) is 39.0 Å². The van der Waals surface area contributed by atoms with Crippen LogP contribution in [0, 0.1) is 11.6 Å². The molecule has 7 nitrogen and oxygen atoms in total. The highest BCUT2D eigenvalue weighted by Crippen LogP contribution is 2.26. The molecule has 0 saturated heterocycles. The van der Waals surface area contributed by atoms with Crippen LogP contribution in [0.3, 0.4) is 0 Å². The van der Waals surface area contributed by atoms with Crippen molar-refractivity contribution in [1.82, 2.24) is 14.8 Å². The molecule has 2 aromatic rings. The monoisotopic (exact) mass is 417 g/mol. The van der Waals surface area contributed by atoms with Crippen molar-refractivity contribution in [3.05, 3.63) is 75.2 Å². The Bertz CT molecular complexity index is 1110. The number of hydrogen-bond donors (Lipinski definition) is 2. The van der Waals surface area contributed by atoms with Crippen molar-refractivity contribution in [3.63, 3.8) is 0 Å². The van der Waals surface area contributed by atoms with Gasteiger partial charge in [-0.05, 0) is 19.9 Å². The Morgan fingerprint density at radius 3 is 2.63 bits per heavy atom. The second-order valence-corrected chi connectivity index (χ2v) is 7.09. The Labute approximate surface area is 171 Å². The van der Waals surface area contributed by atoms with Crippen molar-refractivity contribution >= 4 is 11.8 Å². The number of hydrogen-bond acceptors (Lipinski definition) is 4. The number of nitrogens with zero attached hydrogens (tertiary/aromatic N) is 2. The summed E-state index contributed by atoms with van der Waals surface area (Å²) in [5.41, 5.74) is -0.844. The molecule has 30 heavy (non-hydrogen) atoms. The molecule has 0 saturated carbocycles. The van der Waals surface area contributed by atoms with Crippen LogP contribution < -0.4 is 10.7 Å². The second-order valence-electron chi connectivity index (χ2n) is 7.09. The van der Waals surface area contributed by atoms with E-state index in [1.54, 1.807) is 13.8 Å². The summed E-state index contributed by atoms with van der Waals surface area (Å²) < 4.78 is 28.1. The molecule has 0 unspecified atom stereocenters. The summed E-state index contributed by atoms with van der Waals surface area (Å²) in [4.78, 5) is 39.3. The van der Waals surface area contributed by atoms with Crippen molar-refractivity contribution in [2.24, 2.45) is 0 Å². The molecule has 0 bridgehead atoms. The average Bonchev–Trinajstić information content (AvgIpc) is 2.69. The summed E-state index contributed by atoms with van der Waals surface area (Å²) in [5, 5.41) is 12.7. The highest BCUT2D eigenvalue weighted by Gasteiger charge is 2.35. The number of pyridine rings is 1. The number of carbonyl (C=O) groups is 2. The highest BCUT2D eigenvalue weighted by atomic mass is 19.1. The number of rotatable bonds is 5. The summed E-state index contributed by atoms with van der Waals surface area (Å²) in [5.74, 6) is -3.80. The van der Waals surface area contributed by atoms with E-state index < -0.39 is 40.2 Å². The van der Waals surface area contributed by atoms with E-state index in [1.807, 2.05) is 0 Å². The molecular weight excluding hydrogens is 396 g/mol. The van der Waals surface area contributed by atoms with Crippen molar-refractivity contribution in [2.45, 2.75) is 33.0 Å². The molecule has 0 radical (unpaired) electrons. The van der Waals surface area contributed by atoms with Crippen LogP contribution in [0.15, 0.2) is 41.3 Å². The van der Waals surface area contributed by atoms with Crippen LogP contribution >= 0.6 is 0 Å². The lowest BCUT2D eigenvalue weighted by atomic mass is 10.0. The Morgan fingerprint density at radius 1 is 1.33 bits per heavy atom. The number of fused-ring (bicyclic) bond motifs is 1. The SMILES string of the molecule is C=C(C)[C@H]1Cn2cc(C(=O)NCc3ccc(F)cc3F)c(=O)c(O)c2C(=O)N1CC. The summed E-state index contributed by atoms with van der Waals surface area (Å²) >= 11 is 0. The number of carbonyl (C=O) groups excluding carboxylic acids is 2. The number of nitrogens with one attached hydrogen (secondary N) is 1. The summed E-state index contributed by atoms with van der Waals surface area (Å²) in [7, 11) is 0. The third-order valence-electron chi connectivity index (χ3n) is 5.07. The van der Waals surface area contributed by atoms with E-state index in [4.69, 9.17) is 0 Å². The van der Waals surface area contributed by atoms with Gasteiger partial charge in [0.2, 0.25) is 5.43 Å². The van der Waals surface area contributed by atoms with E-state index in [-0.39, 0.29) is 30.4 Å². The standard InChI is InChI=1S/C21H21F2N3O4/c1-4-26-16(11(2)3)10-25-9-14(18(27)19(28)17(25)21(26)30)20(29)24-8-12-5-6-13(22)7-15(12)23/h5-7,9,16,28H,2,4,8,10H2,1,3H3,(H,24,29)/t16-/m1/s1. The molecule has 158 valence electrons. The lowest BCUT2D eigenvalue weighted by Gasteiger charge is -2.37. The van der Waals surface area contributed by atoms with Crippen LogP contribution in [-0.2, 0) is 13.1 Å². The van der Waals surface area contributed by atoms with Gasteiger partial charge in [0.05, 0.1) is 6.04 Å². The van der Waals surface area contributed by atoms with E-state index in [1.165, 1.54) is 21.7 Å². The van der Waals surface area contributed by atoms with Gasteiger partial charge >= 0.3 is 0 Å². The zero-order valence-corrected chi connectivity index (χ0v) is 16.5. The largest absolute Gasteiger partial charge is 0.503 e. The maximum Gasteiger partial charge on any atom is 0.275 e. The van der Waals surface area contributed by atoms with Gasteiger partial charge in [-0.15, -0.1) is 0 Å². The smallest absolute Gasteiger partial charge is 0.275 e. The molecule has 1 atom stereocenters.